The number of hydrogen-bond acceptors (Lipinski definition) is 2. The molecule has 0 N–H and O–H groups in total. The van der Waals surface area contributed by atoms with Gasteiger partial charge in [0.1, 0.15) is 0 Å². The SMILES string of the molecule is FC(F)(F)C(F)(F)C(F)(F)Sc1cccc2cccnc12. The van der Waals surface area contributed by atoms with Gasteiger partial charge in [-0.3, -0.25) is 4.98 Å². The molecule has 114 valence electrons. The number of hydrogen-bond donors (Lipinski definition) is 0. The van der Waals surface area contributed by atoms with Crippen molar-refractivity contribution in [2.75, 3.05) is 0 Å². The van der Waals surface area contributed by atoms with Crippen LogP contribution in [0.1, 0.15) is 0 Å². The molecule has 0 radical (unpaired) electrons. The lowest BCUT2D eigenvalue weighted by Gasteiger charge is -2.27. The Kier molecular flexibility index (Phi) is 3.81. The third kappa shape index (κ3) is 2.78. The second-order valence-corrected chi connectivity index (χ2v) is 5.18. The third-order valence-corrected chi connectivity index (χ3v) is 3.62. The summed E-state index contributed by atoms with van der Waals surface area (Å²) in [5, 5.41) is -4.99. The molecular weight excluding hydrogens is 323 g/mol. The van der Waals surface area contributed by atoms with Crippen molar-refractivity contribution in [3.63, 3.8) is 0 Å². The van der Waals surface area contributed by atoms with Crippen molar-refractivity contribution in [3.05, 3.63) is 36.5 Å². The van der Waals surface area contributed by atoms with Crippen molar-refractivity contribution < 1.29 is 30.7 Å². The van der Waals surface area contributed by atoms with Gasteiger partial charge in [0.2, 0.25) is 0 Å². The normalized spacial score (nSPS) is 13.7. The molecule has 0 saturated heterocycles. The van der Waals surface area contributed by atoms with Crippen LogP contribution in [0, 0.1) is 0 Å². The maximum atomic E-state index is 13.4. The van der Waals surface area contributed by atoms with Crippen LogP contribution in [0.2, 0.25) is 0 Å². The van der Waals surface area contributed by atoms with E-state index in [9.17, 15) is 30.7 Å². The zero-order valence-corrected chi connectivity index (χ0v) is 10.8. The fourth-order valence-corrected chi connectivity index (χ4v) is 2.46. The van der Waals surface area contributed by atoms with Crippen LogP contribution in [-0.2, 0) is 0 Å². The highest BCUT2D eigenvalue weighted by molar-refractivity contribution is 8.00. The summed E-state index contributed by atoms with van der Waals surface area (Å²) in [6, 6.07) is 6.73. The summed E-state index contributed by atoms with van der Waals surface area (Å²) >= 11 is -0.857. The van der Waals surface area contributed by atoms with Crippen LogP contribution >= 0.6 is 11.8 Å². The van der Waals surface area contributed by atoms with E-state index < -0.39 is 34.0 Å². The molecule has 0 fully saturated rings. The molecule has 0 atom stereocenters. The summed E-state index contributed by atoms with van der Waals surface area (Å²) in [7, 11) is 0. The highest BCUT2D eigenvalue weighted by Crippen LogP contribution is 2.54. The van der Waals surface area contributed by atoms with Gasteiger partial charge in [-0.05, 0) is 23.9 Å². The van der Waals surface area contributed by atoms with Gasteiger partial charge < -0.3 is 0 Å². The zero-order chi connectivity index (χ0) is 15.9. The Labute approximate surface area is 118 Å². The monoisotopic (exact) mass is 329 g/mol. The minimum absolute atomic E-state index is 0.0670. The first kappa shape index (κ1) is 15.9. The topological polar surface area (TPSA) is 12.9 Å². The third-order valence-electron chi connectivity index (χ3n) is 2.56. The van der Waals surface area contributed by atoms with Crippen LogP contribution in [0.3, 0.4) is 0 Å². The predicted octanol–water partition coefficient (Wildman–Crippen LogP) is 5.12. The predicted molar refractivity (Wildman–Crippen MR) is 63.5 cm³/mol. The number of halogens is 7. The lowest BCUT2D eigenvalue weighted by molar-refractivity contribution is -0.330. The number of alkyl halides is 7. The van der Waals surface area contributed by atoms with Crippen molar-refractivity contribution in [2.24, 2.45) is 0 Å². The van der Waals surface area contributed by atoms with Gasteiger partial charge in [-0.25, -0.2) is 0 Å². The molecule has 1 nitrogen and oxygen atoms in total. The number of fused-ring (bicyclic) bond motifs is 1. The van der Waals surface area contributed by atoms with E-state index in [4.69, 9.17) is 0 Å². The Balaban J connectivity index is 2.44. The van der Waals surface area contributed by atoms with Crippen LogP contribution in [0.5, 0.6) is 0 Å². The molecule has 0 spiro atoms. The van der Waals surface area contributed by atoms with Gasteiger partial charge in [0, 0.05) is 16.5 Å². The summed E-state index contributed by atoms with van der Waals surface area (Å²) in [5.41, 5.74) is -0.0670. The van der Waals surface area contributed by atoms with Crippen LogP contribution in [0.25, 0.3) is 10.9 Å². The van der Waals surface area contributed by atoms with E-state index in [0.29, 0.717) is 5.39 Å². The van der Waals surface area contributed by atoms with Gasteiger partial charge in [-0.2, -0.15) is 30.7 Å². The largest absolute Gasteiger partial charge is 0.460 e. The lowest BCUT2D eigenvalue weighted by Crippen LogP contribution is -2.49. The highest BCUT2D eigenvalue weighted by atomic mass is 32.2. The number of para-hydroxylation sites is 1. The quantitative estimate of drug-likeness (QED) is 0.573. The van der Waals surface area contributed by atoms with E-state index in [-0.39, 0.29) is 5.52 Å². The number of pyridine rings is 1. The zero-order valence-electron chi connectivity index (χ0n) is 9.97. The molecule has 1 heterocycles. The van der Waals surface area contributed by atoms with Gasteiger partial charge in [-0.1, -0.05) is 18.2 Å². The summed E-state index contributed by atoms with van der Waals surface area (Å²) in [6.07, 6.45) is -5.12. The number of aromatic nitrogens is 1. The first-order chi connectivity index (χ1) is 9.56. The minimum Gasteiger partial charge on any atom is -0.255 e. The summed E-state index contributed by atoms with van der Waals surface area (Å²) < 4.78 is 88.8. The van der Waals surface area contributed by atoms with Gasteiger partial charge in [0.25, 0.3) is 0 Å². The van der Waals surface area contributed by atoms with E-state index in [1.807, 2.05) is 0 Å². The Hall–Kier alpha value is -1.51. The first-order valence-electron chi connectivity index (χ1n) is 5.41. The van der Waals surface area contributed by atoms with E-state index >= 15 is 0 Å². The number of rotatable bonds is 3. The van der Waals surface area contributed by atoms with Gasteiger partial charge in [-0.15, -0.1) is 0 Å². The molecule has 9 heteroatoms. The molecule has 0 aliphatic heterocycles. The number of nitrogens with zero attached hydrogens (tertiary/aromatic N) is 1. The number of thioether (sulfide) groups is 1. The highest BCUT2D eigenvalue weighted by Gasteiger charge is 2.73. The maximum Gasteiger partial charge on any atom is 0.460 e. The second kappa shape index (κ2) is 5.04. The molecule has 0 aliphatic carbocycles. The second-order valence-electron chi connectivity index (χ2n) is 4.02. The summed E-state index contributed by atoms with van der Waals surface area (Å²) in [6.45, 7) is 0. The van der Waals surface area contributed by atoms with E-state index in [2.05, 4.69) is 4.98 Å². The average molecular weight is 329 g/mol. The Morgan fingerprint density at radius 3 is 2.10 bits per heavy atom. The lowest BCUT2D eigenvalue weighted by atomic mass is 10.2. The van der Waals surface area contributed by atoms with Crippen molar-refractivity contribution in [2.45, 2.75) is 22.2 Å². The fraction of sp³-hybridized carbons (Fsp3) is 0.250. The van der Waals surface area contributed by atoms with Crippen molar-refractivity contribution in [3.8, 4) is 0 Å². The van der Waals surface area contributed by atoms with E-state index in [1.54, 1.807) is 0 Å². The van der Waals surface area contributed by atoms with Crippen LogP contribution < -0.4 is 0 Å². The molecule has 1 aromatic carbocycles. The molecular formula is C12H6F7NS. The molecule has 21 heavy (non-hydrogen) atoms. The maximum absolute atomic E-state index is 13.4. The molecule has 0 aliphatic rings. The van der Waals surface area contributed by atoms with Gasteiger partial charge in [0.05, 0.1) is 5.52 Å². The Morgan fingerprint density at radius 2 is 1.48 bits per heavy atom. The average Bonchev–Trinajstić information content (AvgIpc) is 2.37. The first-order valence-corrected chi connectivity index (χ1v) is 6.23. The van der Waals surface area contributed by atoms with Crippen molar-refractivity contribution in [1.82, 2.24) is 4.98 Å². The van der Waals surface area contributed by atoms with Crippen molar-refractivity contribution >= 4 is 22.7 Å². The molecule has 1 aromatic heterocycles. The van der Waals surface area contributed by atoms with Crippen LogP contribution in [-0.4, -0.2) is 22.3 Å². The standard InChI is InChI=1S/C12H6F7NS/c13-10(14,11(15,16)17)12(18,19)21-8-5-1-3-7-4-2-6-20-9(7)8/h1-6H. The van der Waals surface area contributed by atoms with Crippen LogP contribution in [0.4, 0.5) is 30.7 Å². The number of benzene rings is 1. The molecule has 0 saturated carbocycles. The molecule has 0 unspecified atom stereocenters. The molecule has 2 aromatic rings. The van der Waals surface area contributed by atoms with Crippen molar-refractivity contribution in [1.29, 1.82) is 0 Å². The Bertz CT molecular complexity index is 648. The molecule has 0 amide bonds. The van der Waals surface area contributed by atoms with E-state index in [1.165, 1.54) is 30.5 Å². The molecule has 2 rings (SSSR count). The summed E-state index contributed by atoms with van der Waals surface area (Å²) in [5.74, 6) is -6.15. The smallest absolute Gasteiger partial charge is 0.255 e. The fourth-order valence-electron chi connectivity index (χ4n) is 1.53. The molecule has 0 bridgehead atoms. The van der Waals surface area contributed by atoms with Gasteiger partial charge in [0.15, 0.2) is 0 Å². The van der Waals surface area contributed by atoms with Gasteiger partial charge >= 0.3 is 17.4 Å². The minimum atomic E-state index is -6.35. The van der Waals surface area contributed by atoms with Crippen LogP contribution in [0.15, 0.2) is 41.4 Å². The summed E-state index contributed by atoms with van der Waals surface area (Å²) in [4.78, 5) is 3.27. The Morgan fingerprint density at radius 1 is 0.857 bits per heavy atom. The van der Waals surface area contributed by atoms with E-state index in [0.717, 1.165) is 6.07 Å².